The molecule has 0 aromatic rings. The molecule has 0 aromatic carbocycles. The fraction of sp³-hybridized carbons (Fsp3) is 0.750. The predicted molar refractivity (Wildman–Crippen MR) is 44.5 cm³/mol. The fourth-order valence-corrected chi connectivity index (χ4v) is 0.814. The number of nitriles is 1. The van der Waals surface area contributed by atoms with Crippen molar-refractivity contribution in [1.82, 2.24) is 5.32 Å². The normalized spacial score (nSPS) is 13.5. The summed E-state index contributed by atoms with van der Waals surface area (Å²) in [6.45, 7) is 5.58. The van der Waals surface area contributed by atoms with Gasteiger partial charge in [-0.1, -0.05) is 0 Å². The fourth-order valence-electron chi connectivity index (χ4n) is 0.814. The van der Waals surface area contributed by atoms with Crippen LogP contribution in [0.15, 0.2) is 0 Å². The summed E-state index contributed by atoms with van der Waals surface area (Å²) in [6, 6.07) is 1.06. The molecule has 0 saturated heterocycles. The van der Waals surface area contributed by atoms with Crippen molar-refractivity contribution in [2.75, 3.05) is 0 Å². The highest BCUT2D eigenvalue weighted by atomic mass is 16.4. The number of hydrogen-bond acceptors (Lipinski definition) is 3. The summed E-state index contributed by atoms with van der Waals surface area (Å²) in [4.78, 5) is 10.6. The Bertz CT molecular complexity index is 200. The van der Waals surface area contributed by atoms with E-state index in [4.69, 9.17) is 10.4 Å². The Balaban J connectivity index is 4.16. The smallest absolute Gasteiger partial charge is 0.321 e. The molecule has 0 saturated carbocycles. The SMILES string of the molecule is CC(C)(C)N[C@@H](CC#N)C(=O)O. The molecule has 0 rings (SSSR count). The molecular formula is C8H14N2O2. The molecule has 4 nitrogen and oxygen atoms in total. The van der Waals surface area contributed by atoms with E-state index in [1.54, 1.807) is 0 Å². The number of aliphatic carboxylic acids is 1. The van der Waals surface area contributed by atoms with Crippen LogP contribution in [0.1, 0.15) is 27.2 Å². The highest BCUT2D eigenvalue weighted by Crippen LogP contribution is 2.03. The Morgan fingerprint density at radius 2 is 2.17 bits per heavy atom. The lowest BCUT2D eigenvalue weighted by molar-refractivity contribution is -0.139. The van der Waals surface area contributed by atoms with Crippen molar-refractivity contribution in [1.29, 1.82) is 5.26 Å². The Morgan fingerprint density at radius 1 is 1.67 bits per heavy atom. The summed E-state index contributed by atoms with van der Waals surface area (Å²) >= 11 is 0. The molecule has 0 aromatic heterocycles. The zero-order valence-corrected chi connectivity index (χ0v) is 7.59. The minimum absolute atomic E-state index is 0.00734. The Morgan fingerprint density at radius 3 is 2.42 bits per heavy atom. The van der Waals surface area contributed by atoms with E-state index >= 15 is 0 Å². The van der Waals surface area contributed by atoms with Crippen LogP contribution in [0.2, 0.25) is 0 Å². The average molecular weight is 170 g/mol. The number of nitrogens with one attached hydrogen (secondary N) is 1. The van der Waals surface area contributed by atoms with Crippen LogP contribution in [0.3, 0.4) is 0 Å². The van der Waals surface area contributed by atoms with Crippen molar-refractivity contribution in [3.05, 3.63) is 0 Å². The maximum atomic E-state index is 10.6. The Labute approximate surface area is 72.2 Å². The molecule has 0 unspecified atom stereocenters. The monoisotopic (exact) mass is 170 g/mol. The summed E-state index contributed by atoms with van der Waals surface area (Å²) in [5, 5.41) is 19.8. The van der Waals surface area contributed by atoms with Gasteiger partial charge in [-0.05, 0) is 20.8 Å². The molecule has 0 amide bonds. The average Bonchev–Trinajstić information content (AvgIpc) is 1.83. The summed E-state index contributed by atoms with van der Waals surface area (Å²) < 4.78 is 0. The van der Waals surface area contributed by atoms with Gasteiger partial charge in [0, 0.05) is 5.54 Å². The molecule has 2 N–H and O–H groups in total. The highest BCUT2D eigenvalue weighted by molar-refractivity contribution is 5.73. The van der Waals surface area contributed by atoms with Gasteiger partial charge in [0.15, 0.2) is 0 Å². The number of nitrogens with zero attached hydrogens (tertiary/aromatic N) is 1. The van der Waals surface area contributed by atoms with E-state index < -0.39 is 12.0 Å². The lowest BCUT2D eigenvalue weighted by Gasteiger charge is -2.24. The molecule has 4 heteroatoms. The van der Waals surface area contributed by atoms with Crippen molar-refractivity contribution in [3.63, 3.8) is 0 Å². The van der Waals surface area contributed by atoms with E-state index in [-0.39, 0.29) is 12.0 Å². The van der Waals surface area contributed by atoms with Crippen molar-refractivity contribution in [3.8, 4) is 6.07 Å². The Hall–Kier alpha value is -1.08. The van der Waals surface area contributed by atoms with Gasteiger partial charge in [0.25, 0.3) is 0 Å². The van der Waals surface area contributed by atoms with Crippen LogP contribution >= 0.6 is 0 Å². The molecule has 0 aliphatic rings. The van der Waals surface area contributed by atoms with Crippen molar-refractivity contribution in [2.24, 2.45) is 0 Å². The topological polar surface area (TPSA) is 73.1 Å². The van der Waals surface area contributed by atoms with Crippen molar-refractivity contribution < 1.29 is 9.90 Å². The van der Waals surface area contributed by atoms with E-state index in [2.05, 4.69) is 5.32 Å². The van der Waals surface area contributed by atoms with E-state index in [0.717, 1.165) is 0 Å². The summed E-state index contributed by atoms with van der Waals surface area (Å²) in [6.07, 6.45) is -0.00734. The highest BCUT2D eigenvalue weighted by Gasteiger charge is 2.22. The van der Waals surface area contributed by atoms with Gasteiger partial charge in [-0.3, -0.25) is 10.1 Å². The van der Waals surface area contributed by atoms with Crippen LogP contribution in [0.4, 0.5) is 0 Å². The lowest BCUT2D eigenvalue weighted by Crippen LogP contribution is -2.47. The molecule has 1 atom stereocenters. The standard InChI is InChI=1S/C8H14N2O2/c1-8(2,3)10-6(4-5-9)7(11)12/h6,10H,4H2,1-3H3,(H,11,12)/t6-/m0/s1. The van der Waals surface area contributed by atoms with Crippen molar-refractivity contribution >= 4 is 5.97 Å². The van der Waals surface area contributed by atoms with Crippen LogP contribution in [0, 0.1) is 11.3 Å². The van der Waals surface area contributed by atoms with Gasteiger partial charge in [-0.2, -0.15) is 5.26 Å². The number of rotatable bonds is 3. The van der Waals surface area contributed by atoms with Gasteiger partial charge in [-0.15, -0.1) is 0 Å². The minimum atomic E-state index is -0.980. The first-order valence-corrected chi connectivity index (χ1v) is 3.74. The first kappa shape index (κ1) is 10.9. The van der Waals surface area contributed by atoms with Crippen LogP contribution in [-0.4, -0.2) is 22.7 Å². The first-order chi connectivity index (χ1) is 5.37. The molecule has 0 aliphatic carbocycles. The second-order valence-electron chi connectivity index (χ2n) is 3.65. The molecule has 12 heavy (non-hydrogen) atoms. The quantitative estimate of drug-likeness (QED) is 0.655. The van der Waals surface area contributed by atoms with Gasteiger partial charge in [-0.25, -0.2) is 0 Å². The predicted octanol–water partition coefficient (Wildman–Crippen LogP) is 0.741. The van der Waals surface area contributed by atoms with Gasteiger partial charge in [0.1, 0.15) is 6.04 Å². The first-order valence-electron chi connectivity index (χ1n) is 3.74. The van der Waals surface area contributed by atoms with Gasteiger partial charge < -0.3 is 5.11 Å². The molecule has 0 radical (unpaired) electrons. The molecule has 0 aliphatic heterocycles. The molecule has 68 valence electrons. The van der Waals surface area contributed by atoms with Crippen LogP contribution in [0.5, 0.6) is 0 Å². The molecule has 0 heterocycles. The number of carboxylic acids is 1. The maximum absolute atomic E-state index is 10.6. The second-order valence-corrected chi connectivity index (χ2v) is 3.65. The van der Waals surface area contributed by atoms with E-state index in [0.29, 0.717) is 0 Å². The minimum Gasteiger partial charge on any atom is -0.480 e. The van der Waals surface area contributed by atoms with E-state index in [9.17, 15) is 4.79 Å². The van der Waals surface area contributed by atoms with Gasteiger partial charge in [0.05, 0.1) is 12.5 Å². The second kappa shape index (κ2) is 4.07. The number of carboxylic acid groups (broad SMARTS) is 1. The Kier molecular flexibility index (Phi) is 3.71. The van der Waals surface area contributed by atoms with Crippen LogP contribution in [-0.2, 0) is 4.79 Å². The van der Waals surface area contributed by atoms with Crippen LogP contribution < -0.4 is 5.32 Å². The zero-order valence-electron chi connectivity index (χ0n) is 7.59. The van der Waals surface area contributed by atoms with Gasteiger partial charge in [0.2, 0.25) is 0 Å². The summed E-state index contributed by atoms with van der Waals surface area (Å²) in [7, 11) is 0. The third-order valence-electron chi connectivity index (χ3n) is 1.20. The van der Waals surface area contributed by atoms with Crippen molar-refractivity contribution in [2.45, 2.75) is 38.8 Å². The lowest BCUT2D eigenvalue weighted by atomic mass is 10.1. The number of hydrogen-bond donors (Lipinski definition) is 2. The summed E-state index contributed by atoms with van der Waals surface area (Å²) in [5.41, 5.74) is -0.278. The largest absolute Gasteiger partial charge is 0.480 e. The summed E-state index contributed by atoms with van der Waals surface area (Å²) in [5.74, 6) is -0.980. The number of carbonyl (C=O) groups is 1. The molecule has 0 spiro atoms. The van der Waals surface area contributed by atoms with E-state index in [1.165, 1.54) is 0 Å². The maximum Gasteiger partial charge on any atom is 0.321 e. The van der Waals surface area contributed by atoms with Gasteiger partial charge >= 0.3 is 5.97 Å². The molecule has 0 fully saturated rings. The third kappa shape index (κ3) is 4.69. The third-order valence-corrected chi connectivity index (χ3v) is 1.20. The molecular weight excluding hydrogens is 156 g/mol. The molecule has 0 bridgehead atoms. The zero-order chi connectivity index (χ0) is 9.78. The van der Waals surface area contributed by atoms with E-state index in [1.807, 2.05) is 26.8 Å². The van der Waals surface area contributed by atoms with Crippen LogP contribution in [0.25, 0.3) is 0 Å².